The highest BCUT2D eigenvalue weighted by molar-refractivity contribution is 7.13. The fourth-order valence-corrected chi connectivity index (χ4v) is 2.69. The first-order chi connectivity index (χ1) is 11.2. The van der Waals surface area contributed by atoms with Crippen molar-refractivity contribution in [2.45, 2.75) is 12.3 Å². The summed E-state index contributed by atoms with van der Waals surface area (Å²) in [5, 5.41) is 23.8. The van der Waals surface area contributed by atoms with Gasteiger partial charge in [0, 0.05) is 18.0 Å². The molecule has 0 fully saturated rings. The Bertz CT molecular complexity index is 760. The van der Waals surface area contributed by atoms with E-state index in [1.54, 1.807) is 0 Å². The van der Waals surface area contributed by atoms with Crippen LogP contribution in [0.4, 0.5) is 18.2 Å². The van der Waals surface area contributed by atoms with Crippen LogP contribution >= 0.6 is 11.3 Å². The second-order valence-corrected chi connectivity index (χ2v) is 5.63. The minimum atomic E-state index is -4.63. The third-order valence-corrected chi connectivity index (χ3v) is 3.99. The second kappa shape index (κ2) is 6.97. The van der Waals surface area contributed by atoms with Crippen molar-refractivity contribution in [1.82, 2.24) is 5.32 Å². The molecule has 6 nitrogen and oxygen atoms in total. The summed E-state index contributed by atoms with van der Waals surface area (Å²) in [6, 6.07) is 5.55. The first kappa shape index (κ1) is 17.9. The van der Waals surface area contributed by atoms with Gasteiger partial charge in [0.25, 0.3) is 5.91 Å². The van der Waals surface area contributed by atoms with Gasteiger partial charge >= 0.3 is 11.2 Å². The standard InChI is InChI=1S/C14H11F3N2O4S/c15-14(16,17)10-4-2-1-3-9(10)11(20)6-18-13(21)8-5-12(19(22)23)24-7-8/h1-5,7,11,20H,6H2,(H,18,21). The number of aliphatic hydroxyl groups is 1. The zero-order valence-corrected chi connectivity index (χ0v) is 12.7. The van der Waals surface area contributed by atoms with Crippen LogP contribution in [0.15, 0.2) is 35.7 Å². The summed E-state index contributed by atoms with van der Waals surface area (Å²) < 4.78 is 38.7. The van der Waals surface area contributed by atoms with Gasteiger partial charge in [-0.15, -0.1) is 0 Å². The van der Waals surface area contributed by atoms with E-state index in [0.717, 1.165) is 29.5 Å². The molecule has 1 unspecified atom stereocenters. The number of carbonyl (C=O) groups excluding carboxylic acids is 1. The third-order valence-electron chi connectivity index (χ3n) is 3.11. The number of thiophene rings is 1. The van der Waals surface area contributed by atoms with Gasteiger partial charge in [0.05, 0.1) is 22.2 Å². The molecule has 2 aromatic rings. The number of hydrogen-bond donors (Lipinski definition) is 2. The van der Waals surface area contributed by atoms with Gasteiger partial charge in [-0.2, -0.15) is 13.2 Å². The summed E-state index contributed by atoms with van der Waals surface area (Å²) in [7, 11) is 0. The van der Waals surface area contributed by atoms with Crippen molar-refractivity contribution in [3.63, 3.8) is 0 Å². The fraction of sp³-hybridized carbons (Fsp3) is 0.214. The zero-order chi connectivity index (χ0) is 17.9. The van der Waals surface area contributed by atoms with E-state index in [2.05, 4.69) is 5.32 Å². The number of nitro groups is 1. The Morgan fingerprint density at radius 1 is 1.38 bits per heavy atom. The fourth-order valence-electron chi connectivity index (χ4n) is 1.99. The van der Waals surface area contributed by atoms with Crippen molar-refractivity contribution in [1.29, 1.82) is 0 Å². The van der Waals surface area contributed by atoms with Gasteiger partial charge in [-0.25, -0.2) is 0 Å². The van der Waals surface area contributed by atoms with Crippen LogP contribution in [0.3, 0.4) is 0 Å². The third kappa shape index (κ3) is 4.09. The zero-order valence-electron chi connectivity index (χ0n) is 11.9. The number of rotatable bonds is 5. The molecule has 1 aromatic heterocycles. The molecule has 1 amide bonds. The van der Waals surface area contributed by atoms with Gasteiger partial charge in [-0.3, -0.25) is 14.9 Å². The Kier molecular flexibility index (Phi) is 5.20. The van der Waals surface area contributed by atoms with Crippen molar-refractivity contribution in [2.24, 2.45) is 0 Å². The Labute approximate surface area is 137 Å². The highest BCUT2D eigenvalue weighted by Crippen LogP contribution is 2.34. The molecule has 0 saturated heterocycles. The van der Waals surface area contributed by atoms with Crippen molar-refractivity contribution in [2.75, 3.05) is 6.54 Å². The van der Waals surface area contributed by atoms with Crippen molar-refractivity contribution < 1.29 is 28.0 Å². The summed E-state index contributed by atoms with van der Waals surface area (Å²) in [4.78, 5) is 21.7. The van der Waals surface area contributed by atoms with Crippen LogP contribution in [-0.2, 0) is 6.18 Å². The Morgan fingerprint density at radius 3 is 2.62 bits per heavy atom. The lowest BCUT2D eigenvalue weighted by molar-refractivity contribution is -0.380. The lowest BCUT2D eigenvalue weighted by Crippen LogP contribution is -2.29. The molecule has 0 aliphatic heterocycles. The monoisotopic (exact) mass is 360 g/mol. The van der Waals surface area contributed by atoms with Gasteiger partial charge in [0.2, 0.25) is 0 Å². The van der Waals surface area contributed by atoms with Crippen molar-refractivity contribution in [3.8, 4) is 0 Å². The predicted octanol–water partition coefficient (Wildman–Crippen LogP) is 3.14. The lowest BCUT2D eigenvalue weighted by Gasteiger charge is -2.17. The maximum Gasteiger partial charge on any atom is 0.416 e. The molecular weight excluding hydrogens is 349 g/mol. The normalized spacial score (nSPS) is 12.7. The summed E-state index contributed by atoms with van der Waals surface area (Å²) in [5.41, 5.74) is -1.34. The number of aliphatic hydroxyl groups excluding tert-OH is 1. The number of alkyl halides is 3. The average Bonchev–Trinajstić information content (AvgIpc) is 3.01. The van der Waals surface area contributed by atoms with E-state index in [0.29, 0.717) is 0 Å². The van der Waals surface area contributed by atoms with E-state index in [1.807, 2.05) is 0 Å². The second-order valence-electron chi connectivity index (χ2n) is 4.74. The van der Waals surface area contributed by atoms with Crippen LogP contribution < -0.4 is 5.32 Å². The summed E-state index contributed by atoms with van der Waals surface area (Å²) in [6.45, 7) is -0.463. The van der Waals surface area contributed by atoms with E-state index >= 15 is 0 Å². The topological polar surface area (TPSA) is 92.5 Å². The number of nitrogens with zero attached hydrogens (tertiary/aromatic N) is 1. The van der Waals surface area contributed by atoms with Crippen LogP contribution in [0.1, 0.15) is 27.6 Å². The largest absolute Gasteiger partial charge is 0.416 e. The Morgan fingerprint density at radius 2 is 2.04 bits per heavy atom. The quantitative estimate of drug-likeness (QED) is 0.633. The number of benzene rings is 1. The SMILES string of the molecule is O=C(NCC(O)c1ccccc1C(F)(F)F)c1csc([N+](=O)[O-])c1. The van der Waals surface area contributed by atoms with Gasteiger partial charge in [0.1, 0.15) is 0 Å². The van der Waals surface area contributed by atoms with Crippen LogP contribution in [-0.4, -0.2) is 22.5 Å². The maximum atomic E-state index is 12.9. The van der Waals surface area contributed by atoms with Gasteiger partial charge in [0.15, 0.2) is 0 Å². The molecule has 1 heterocycles. The number of hydrogen-bond acceptors (Lipinski definition) is 5. The van der Waals surface area contributed by atoms with Crippen LogP contribution in [0.2, 0.25) is 0 Å². The molecule has 2 rings (SSSR count). The van der Waals surface area contributed by atoms with Gasteiger partial charge in [-0.05, 0) is 11.6 Å². The number of nitrogens with one attached hydrogen (secondary N) is 1. The van der Waals surface area contributed by atoms with Crippen molar-refractivity contribution >= 4 is 22.2 Å². The van der Waals surface area contributed by atoms with E-state index < -0.39 is 35.2 Å². The highest BCUT2D eigenvalue weighted by atomic mass is 32.1. The minimum absolute atomic E-state index is 0.00278. The van der Waals surface area contributed by atoms with Crippen LogP contribution in [0.25, 0.3) is 0 Å². The van der Waals surface area contributed by atoms with Crippen LogP contribution in [0, 0.1) is 10.1 Å². The molecule has 0 saturated carbocycles. The molecule has 0 aliphatic carbocycles. The molecule has 24 heavy (non-hydrogen) atoms. The molecule has 0 spiro atoms. The van der Waals surface area contributed by atoms with Gasteiger partial charge in [-0.1, -0.05) is 29.5 Å². The highest BCUT2D eigenvalue weighted by Gasteiger charge is 2.34. The molecule has 0 aliphatic rings. The Hall–Kier alpha value is -2.46. The first-order valence-electron chi connectivity index (χ1n) is 6.55. The van der Waals surface area contributed by atoms with E-state index in [1.165, 1.54) is 17.5 Å². The number of halogens is 3. The number of amides is 1. The van der Waals surface area contributed by atoms with E-state index in [4.69, 9.17) is 0 Å². The lowest BCUT2D eigenvalue weighted by atomic mass is 10.0. The minimum Gasteiger partial charge on any atom is -0.387 e. The molecule has 10 heteroatoms. The molecule has 0 bridgehead atoms. The number of carbonyl (C=O) groups is 1. The Balaban J connectivity index is 2.06. The van der Waals surface area contributed by atoms with Crippen molar-refractivity contribution in [3.05, 3.63) is 62.5 Å². The molecule has 1 aromatic carbocycles. The summed E-state index contributed by atoms with van der Waals surface area (Å²) in [6.07, 6.45) is -6.20. The van der Waals surface area contributed by atoms with E-state index in [9.17, 15) is 33.2 Å². The molecule has 128 valence electrons. The molecule has 2 N–H and O–H groups in total. The predicted molar refractivity (Wildman–Crippen MR) is 79.7 cm³/mol. The molecule has 1 atom stereocenters. The molecular formula is C14H11F3N2O4S. The van der Waals surface area contributed by atoms with Gasteiger partial charge < -0.3 is 10.4 Å². The molecule has 0 radical (unpaired) electrons. The maximum absolute atomic E-state index is 12.9. The summed E-state index contributed by atoms with van der Waals surface area (Å²) in [5.74, 6) is -0.720. The smallest absolute Gasteiger partial charge is 0.387 e. The van der Waals surface area contributed by atoms with Crippen LogP contribution in [0.5, 0.6) is 0 Å². The van der Waals surface area contributed by atoms with E-state index in [-0.39, 0.29) is 16.1 Å². The average molecular weight is 360 g/mol. The summed E-state index contributed by atoms with van der Waals surface area (Å²) >= 11 is 0.751. The first-order valence-corrected chi connectivity index (χ1v) is 7.43.